The summed E-state index contributed by atoms with van der Waals surface area (Å²) in [5.74, 6) is -0.412. The molecule has 7 rings (SSSR count). The van der Waals surface area contributed by atoms with Crippen LogP contribution in [-0.4, -0.2) is 93.8 Å². The Hall–Kier alpha value is -5.24. The lowest BCUT2D eigenvalue weighted by Crippen LogP contribution is -2.56. The summed E-state index contributed by atoms with van der Waals surface area (Å²) in [6.45, 7) is 9.20. The van der Waals surface area contributed by atoms with E-state index in [1.807, 2.05) is 43.3 Å². The van der Waals surface area contributed by atoms with Crippen molar-refractivity contribution in [1.82, 2.24) is 20.1 Å². The molecule has 310 valence electrons. The Morgan fingerprint density at radius 3 is 2.53 bits per heavy atom. The highest BCUT2D eigenvalue weighted by molar-refractivity contribution is 7.81. The first kappa shape index (κ1) is 41.9. The Bertz CT molecular complexity index is 2240. The number of aryl methyl sites for hydroxylation is 1. The van der Waals surface area contributed by atoms with Gasteiger partial charge < -0.3 is 9.64 Å². The van der Waals surface area contributed by atoms with E-state index in [9.17, 15) is 37.6 Å². The Balaban J connectivity index is 0.931. The van der Waals surface area contributed by atoms with Gasteiger partial charge in [0.05, 0.1) is 24.0 Å². The first-order valence-corrected chi connectivity index (χ1v) is 20.3. The van der Waals surface area contributed by atoms with E-state index in [1.54, 1.807) is 24.8 Å². The molecule has 1 saturated carbocycles. The van der Waals surface area contributed by atoms with Crippen LogP contribution in [0.1, 0.15) is 74.4 Å². The lowest BCUT2D eigenvalue weighted by Gasteiger charge is -2.42. The number of rotatable bonds is 13. The SMILES string of the molecule is CCc1cc(N2C(=S)N(c3cnc(C#N)c(C(F)(F)F)c3)C(=O)C2(C)C)ccc1OCCN1CCN(CC(=O)Cc2cccc(CC3CCC(=O)NC3=O)c2)C2(CC2)C1. The van der Waals surface area contributed by atoms with Gasteiger partial charge in [-0.3, -0.25) is 39.2 Å². The number of hydrogen-bond donors (Lipinski definition) is 1. The van der Waals surface area contributed by atoms with Gasteiger partial charge in [0.15, 0.2) is 16.6 Å². The fourth-order valence-electron chi connectivity index (χ4n) is 8.48. The number of aromatic nitrogens is 1. The number of imide groups is 1. The molecule has 2 aromatic carbocycles. The number of thiocarbonyl (C=S) groups is 1. The number of halogens is 3. The van der Waals surface area contributed by atoms with Crippen LogP contribution in [-0.2, 0) is 44.6 Å². The molecule has 1 aliphatic carbocycles. The third-order valence-electron chi connectivity index (χ3n) is 11.9. The second kappa shape index (κ2) is 16.4. The Kier molecular flexibility index (Phi) is 11.7. The molecule has 1 N–H and O–H groups in total. The Morgan fingerprint density at radius 2 is 1.83 bits per heavy atom. The molecule has 1 spiro atoms. The fourth-order valence-corrected chi connectivity index (χ4v) is 9.00. The van der Waals surface area contributed by atoms with Gasteiger partial charge in [-0.15, -0.1) is 0 Å². The third kappa shape index (κ3) is 8.73. The summed E-state index contributed by atoms with van der Waals surface area (Å²) in [7, 11) is 0. The largest absolute Gasteiger partial charge is 0.492 e. The number of alkyl halides is 3. The van der Waals surface area contributed by atoms with Gasteiger partial charge in [0, 0.05) is 56.2 Å². The second-order valence-electron chi connectivity index (χ2n) is 16.3. The zero-order valence-corrected chi connectivity index (χ0v) is 34.0. The molecule has 3 aliphatic heterocycles. The van der Waals surface area contributed by atoms with Crippen LogP contribution in [0.5, 0.6) is 5.75 Å². The standard InChI is InChI=1S/C43H46F3N7O5S/c1-4-29-21-31(53-40(59)52(39(57)41(53,2)3)32-22-34(43(44,45)46)35(23-47)48-24-32)9-10-36(29)58-17-16-50-14-15-51(42(26-50)12-13-42)25-33(54)20-28-7-5-6-27(18-28)19-30-8-11-37(55)49-38(30)56/h5-7,9-10,18,21-22,24,30H,4,8,11-17,19-20,25-26H2,1-3H3,(H,49,55,56). The van der Waals surface area contributed by atoms with Crippen molar-refractivity contribution >= 4 is 52.2 Å². The van der Waals surface area contributed by atoms with Crippen molar-refractivity contribution in [3.8, 4) is 11.8 Å². The number of nitriles is 1. The predicted octanol–water partition coefficient (Wildman–Crippen LogP) is 5.39. The number of nitrogens with one attached hydrogen (secondary N) is 1. The topological polar surface area (TPSA) is 139 Å². The predicted molar refractivity (Wildman–Crippen MR) is 217 cm³/mol. The van der Waals surface area contributed by atoms with Crippen molar-refractivity contribution in [3.63, 3.8) is 0 Å². The number of piperazine rings is 1. The van der Waals surface area contributed by atoms with Crippen molar-refractivity contribution in [2.24, 2.45) is 5.92 Å². The first-order chi connectivity index (χ1) is 28.0. The molecule has 4 heterocycles. The zero-order valence-electron chi connectivity index (χ0n) is 33.2. The third-order valence-corrected chi connectivity index (χ3v) is 12.2. The van der Waals surface area contributed by atoms with Gasteiger partial charge in [0.2, 0.25) is 11.8 Å². The van der Waals surface area contributed by atoms with Crippen molar-refractivity contribution < 1.29 is 37.1 Å². The van der Waals surface area contributed by atoms with Crippen LogP contribution in [0.4, 0.5) is 24.5 Å². The van der Waals surface area contributed by atoms with E-state index in [2.05, 4.69) is 20.1 Å². The summed E-state index contributed by atoms with van der Waals surface area (Å²) >= 11 is 5.70. The lowest BCUT2D eigenvalue weighted by atomic mass is 9.90. The van der Waals surface area contributed by atoms with Crippen molar-refractivity contribution in [2.45, 2.75) is 83.0 Å². The highest BCUT2D eigenvalue weighted by Crippen LogP contribution is 2.44. The molecule has 1 aromatic heterocycles. The minimum absolute atomic E-state index is 0.0126. The van der Waals surface area contributed by atoms with Gasteiger partial charge in [0.25, 0.3) is 5.91 Å². The van der Waals surface area contributed by atoms with Crippen LogP contribution < -0.4 is 19.9 Å². The zero-order chi connectivity index (χ0) is 42.3. The van der Waals surface area contributed by atoms with E-state index >= 15 is 0 Å². The smallest absolute Gasteiger partial charge is 0.419 e. The molecular weight excluding hydrogens is 784 g/mol. The summed E-state index contributed by atoms with van der Waals surface area (Å²) in [4.78, 5) is 61.8. The van der Waals surface area contributed by atoms with E-state index in [1.165, 1.54) is 6.07 Å². The number of benzene rings is 2. The molecule has 1 unspecified atom stereocenters. The lowest BCUT2D eigenvalue weighted by molar-refractivity contribution is -0.138. The number of carbonyl (C=O) groups excluding carboxylic acids is 4. The highest BCUT2D eigenvalue weighted by Gasteiger charge is 2.52. The molecule has 16 heteroatoms. The van der Waals surface area contributed by atoms with Gasteiger partial charge in [0.1, 0.15) is 24.0 Å². The number of amides is 3. The minimum Gasteiger partial charge on any atom is -0.492 e. The van der Waals surface area contributed by atoms with Gasteiger partial charge in [-0.25, -0.2) is 4.98 Å². The van der Waals surface area contributed by atoms with Crippen LogP contribution in [0, 0.1) is 17.2 Å². The number of nitrogens with zero attached hydrogens (tertiary/aromatic N) is 6. The highest BCUT2D eigenvalue weighted by atomic mass is 32.1. The van der Waals surface area contributed by atoms with E-state index in [0.29, 0.717) is 63.2 Å². The molecule has 0 bridgehead atoms. The molecule has 1 atom stereocenters. The number of carbonyl (C=O) groups is 4. The quantitative estimate of drug-likeness (QED) is 0.175. The van der Waals surface area contributed by atoms with Crippen molar-refractivity contribution in [2.75, 3.05) is 49.1 Å². The maximum Gasteiger partial charge on any atom is 0.419 e. The molecule has 3 saturated heterocycles. The summed E-state index contributed by atoms with van der Waals surface area (Å²) < 4.78 is 47.6. The molecule has 3 amide bonds. The first-order valence-electron chi connectivity index (χ1n) is 19.9. The number of pyridine rings is 1. The molecule has 0 radical (unpaired) electrons. The molecule has 4 fully saturated rings. The summed E-state index contributed by atoms with van der Waals surface area (Å²) in [5.41, 5.74) is -0.122. The molecule has 59 heavy (non-hydrogen) atoms. The van der Waals surface area contributed by atoms with Gasteiger partial charge in [-0.1, -0.05) is 31.2 Å². The van der Waals surface area contributed by atoms with Gasteiger partial charge in [-0.05, 0) is 99.1 Å². The summed E-state index contributed by atoms with van der Waals surface area (Å²) in [6.07, 6.45) is 0.586. The average molecular weight is 830 g/mol. The molecule has 12 nitrogen and oxygen atoms in total. The van der Waals surface area contributed by atoms with E-state index in [-0.39, 0.29) is 39.9 Å². The number of piperidine rings is 1. The Morgan fingerprint density at radius 1 is 1.07 bits per heavy atom. The maximum atomic E-state index is 13.8. The number of anilines is 2. The second-order valence-corrected chi connectivity index (χ2v) is 16.7. The molecular formula is C43H46F3N7O5S. The number of ketones is 1. The van der Waals surface area contributed by atoms with Crippen LogP contribution in [0.3, 0.4) is 0 Å². The summed E-state index contributed by atoms with van der Waals surface area (Å²) in [6, 6.07) is 15.5. The molecule has 4 aliphatic rings. The van der Waals surface area contributed by atoms with Crippen LogP contribution in [0.15, 0.2) is 54.7 Å². The fraction of sp³-hybridized carbons (Fsp3) is 0.465. The number of hydrogen-bond acceptors (Lipinski definition) is 10. The molecule has 3 aromatic rings. The average Bonchev–Trinajstić information content (AvgIpc) is 3.93. The van der Waals surface area contributed by atoms with Gasteiger partial charge >= 0.3 is 6.18 Å². The maximum absolute atomic E-state index is 13.8. The monoisotopic (exact) mass is 829 g/mol. The van der Waals surface area contributed by atoms with Crippen LogP contribution >= 0.6 is 12.2 Å². The minimum atomic E-state index is -4.85. The van der Waals surface area contributed by atoms with Gasteiger partial charge in [-0.2, -0.15) is 18.4 Å². The number of Topliss-reactive ketones (excluding diaryl/α,β-unsaturated/α-hetero) is 1. The van der Waals surface area contributed by atoms with Crippen molar-refractivity contribution in [3.05, 3.63) is 82.7 Å². The Labute approximate surface area is 346 Å². The van der Waals surface area contributed by atoms with Crippen LogP contribution in [0.2, 0.25) is 0 Å². The van der Waals surface area contributed by atoms with E-state index in [0.717, 1.165) is 66.3 Å². The van der Waals surface area contributed by atoms with Crippen molar-refractivity contribution in [1.29, 1.82) is 5.26 Å². The number of ether oxygens (including phenoxy) is 1. The van der Waals surface area contributed by atoms with E-state index < -0.39 is 28.9 Å². The van der Waals surface area contributed by atoms with Crippen LogP contribution in [0.25, 0.3) is 0 Å². The normalized spacial score (nSPS) is 20.5. The van der Waals surface area contributed by atoms with E-state index in [4.69, 9.17) is 17.0 Å². The summed E-state index contributed by atoms with van der Waals surface area (Å²) in [5, 5.41) is 11.6.